The average Bonchev–Trinajstić information content (AvgIpc) is 2.79. The van der Waals surface area contributed by atoms with Crippen LogP contribution in [0.1, 0.15) is 63.1 Å². The molecule has 0 radical (unpaired) electrons. The number of amides is 1. The van der Waals surface area contributed by atoms with E-state index < -0.39 is 20.7 Å². The Bertz CT molecular complexity index is 920. The van der Waals surface area contributed by atoms with Crippen LogP contribution in [0, 0.1) is 17.8 Å². The Morgan fingerprint density at radius 1 is 1.32 bits per heavy atom. The average molecular weight is 450 g/mol. The second-order valence-corrected chi connectivity index (χ2v) is 10.8. The third-order valence-electron chi connectivity index (χ3n) is 6.05. The number of hydrogen-bond acceptors (Lipinski definition) is 6. The number of aromatic nitrogens is 1. The summed E-state index contributed by atoms with van der Waals surface area (Å²) < 4.78 is 31.7. The Hall–Kier alpha value is -1.99. The van der Waals surface area contributed by atoms with E-state index in [0.717, 1.165) is 17.7 Å². The van der Waals surface area contributed by atoms with E-state index in [1.54, 1.807) is 11.7 Å². The molecule has 0 unspecified atom stereocenters. The minimum atomic E-state index is -3.95. The van der Waals surface area contributed by atoms with Crippen molar-refractivity contribution >= 4 is 15.9 Å². The lowest BCUT2D eigenvalue weighted by Gasteiger charge is -2.40. The molecule has 2 saturated heterocycles. The summed E-state index contributed by atoms with van der Waals surface area (Å²) in [5, 5.41) is 9.17. The number of rotatable bonds is 5. The summed E-state index contributed by atoms with van der Waals surface area (Å²) in [6, 6.07) is 3.93. The third-order valence-corrected chi connectivity index (χ3v) is 8.68. The van der Waals surface area contributed by atoms with Crippen LogP contribution in [0.15, 0.2) is 18.3 Å². The van der Waals surface area contributed by atoms with E-state index >= 15 is 0 Å². The molecule has 0 atom stereocenters. The normalized spacial score (nSPS) is 20.1. The maximum Gasteiger partial charge on any atom is 0.266 e. The molecule has 1 aromatic rings. The van der Waals surface area contributed by atoms with Crippen LogP contribution in [0.2, 0.25) is 0 Å². The number of sulfonamides is 1. The number of pyridine rings is 1. The summed E-state index contributed by atoms with van der Waals surface area (Å²) >= 11 is 0. The number of carbonyl (C=O) groups is 1. The first-order valence-electron chi connectivity index (χ1n) is 10.8. The Morgan fingerprint density at radius 2 is 2.00 bits per heavy atom. The summed E-state index contributed by atoms with van der Waals surface area (Å²) in [7, 11) is -3.95. The molecule has 0 aromatic carbocycles. The summed E-state index contributed by atoms with van der Waals surface area (Å²) in [6.07, 6.45) is 3.92. The lowest BCUT2D eigenvalue weighted by atomic mass is 9.94. The van der Waals surface area contributed by atoms with E-state index in [9.17, 15) is 13.2 Å². The van der Waals surface area contributed by atoms with Crippen molar-refractivity contribution in [2.24, 2.45) is 5.92 Å². The van der Waals surface area contributed by atoms with Crippen LogP contribution in [-0.4, -0.2) is 59.9 Å². The maximum atomic E-state index is 13.4. The van der Waals surface area contributed by atoms with Gasteiger partial charge in [0, 0.05) is 68.9 Å². The molecular formula is C22H31N3O5S. The largest absolute Gasteiger partial charge is 0.381 e. The van der Waals surface area contributed by atoms with E-state index in [-0.39, 0.29) is 32.0 Å². The van der Waals surface area contributed by atoms with Crippen molar-refractivity contribution < 1.29 is 23.2 Å². The zero-order valence-electron chi connectivity index (χ0n) is 18.1. The Kier molecular flexibility index (Phi) is 7.70. The number of nitrogens with one attached hydrogen (secondary N) is 1. The van der Waals surface area contributed by atoms with Gasteiger partial charge < -0.3 is 4.74 Å². The van der Waals surface area contributed by atoms with Gasteiger partial charge in [-0.1, -0.05) is 25.7 Å². The summed E-state index contributed by atoms with van der Waals surface area (Å²) in [5.74, 6) is 6.08. The lowest BCUT2D eigenvalue weighted by molar-refractivity contribution is -0.134. The minimum absolute atomic E-state index is 0.0303. The number of nitrogens with zero attached hydrogens (tertiary/aromatic N) is 2. The second-order valence-electron chi connectivity index (χ2n) is 8.60. The molecule has 2 aliphatic rings. The number of carbonyl (C=O) groups excluding carboxylic acids is 1. The summed E-state index contributed by atoms with van der Waals surface area (Å²) in [6.45, 7) is 5.21. The zero-order chi connectivity index (χ0) is 22.5. The van der Waals surface area contributed by atoms with Crippen molar-refractivity contribution in [3.63, 3.8) is 0 Å². The highest BCUT2D eigenvalue weighted by Gasteiger charge is 2.54. The van der Waals surface area contributed by atoms with Gasteiger partial charge in [0.05, 0.1) is 0 Å². The standard InChI is InChI=1S/C22H31N3O5S/c1-17(2)4-3-5-18-6-7-20(23-16-18)19-8-12-25(13-9-19)31(28,29)22(21(26)24-27)10-14-30-15-11-22/h6-7,16-17,19,27H,4,8-15H2,1-2H3,(H,24,26). The van der Waals surface area contributed by atoms with Gasteiger partial charge in [0.1, 0.15) is 0 Å². The summed E-state index contributed by atoms with van der Waals surface area (Å²) in [4.78, 5) is 16.9. The third kappa shape index (κ3) is 5.09. The van der Waals surface area contributed by atoms with Gasteiger partial charge in [-0.15, -0.1) is 0 Å². The van der Waals surface area contributed by atoms with Crippen LogP contribution in [0.25, 0.3) is 0 Å². The number of hydrogen-bond donors (Lipinski definition) is 2. The zero-order valence-corrected chi connectivity index (χ0v) is 19.0. The Balaban J connectivity index is 1.67. The van der Waals surface area contributed by atoms with Gasteiger partial charge in [-0.05, 0) is 30.9 Å². The van der Waals surface area contributed by atoms with Gasteiger partial charge in [-0.2, -0.15) is 0 Å². The summed E-state index contributed by atoms with van der Waals surface area (Å²) in [5.41, 5.74) is 3.37. The fourth-order valence-electron chi connectivity index (χ4n) is 4.12. The molecule has 0 spiro atoms. The molecule has 1 amide bonds. The molecule has 2 aliphatic heterocycles. The highest BCUT2D eigenvalue weighted by Crippen LogP contribution is 2.36. The molecule has 3 heterocycles. The van der Waals surface area contributed by atoms with Gasteiger partial charge in [-0.3, -0.25) is 15.0 Å². The van der Waals surface area contributed by atoms with E-state index in [4.69, 9.17) is 9.94 Å². The minimum Gasteiger partial charge on any atom is -0.381 e. The van der Waals surface area contributed by atoms with Crippen molar-refractivity contribution in [2.75, 3.05) is 26.3 Å². The van der Waals surface area contributed by atoms with Gasteiger partial charge in [0.15, 0.2) is 4.75 Å². The Morgan fingerprint density at radius 3 is 2.55 bits per heavy atom. The van der Waals surface area contributed by atoms with Crippen LogP contribution >= 0.6 is 0 Å². The van der Waals surface area contributed by atoms with Crippen molar-refractivity contribution in [3.05, 3.63) is 29.6 Å². The van der Waals surface area contributed by atoms with Gasteiger partial charge in [0.2, 0.25) is 10.0 Å². The molecule has 31 heavy (non-hydrogen) atoms. The molecule has 1 aromatic heterocycles. The fraction of sp³-hybridized carbons (Fsp3) is 0.636. The molecule has 170 valence electrons. The molecule has 9 heteroatoms. The van der Waals surface area contributed by atoms with Gasteiger partial charge in [-0.25, -0.2) is 18.2 Å². The monoisotopic (exact) mass is 449 g/mol. The van der Waals surface area contributed by atoms with Crippen molar-refractivity contribution in [1.29, 1.82) is 0 Å². The van der Waals surface area contributed by atoms with Crippen molar-refractivity contribution in [1.82, 2.24) is 14.8 Å². The highest BCUT2D eigenvalue weighted by atomic mass is 32.2. The van der Waals surface area contributed by atoms with E-state index in [2.05, 4.69) is 30.7 Å². The molecule has 0 bridgehead atoms. The van der Waals surface area contributed by atoms with Crippen molar-refractivity contribution in [3.8, 4) is 11.8 Å². The number of hydroxylamine groups is 1. The molecule has 2 N–H and O–H groups in total. The first kappa shape index (κ1) is 23.7. The molecule has 8 nitrogen and oxygen atoms in total. The molecule has 3 rings (SSSR count). The number of piperidine rings is 1. The fourth-order valence-corrected chi connectivity index (χ4v) is 6.27. The van der Waals surface area contributed by atoms with Gasteiger partial charge >= 0.3 is 0 Å². The van der Waals surface area contributed by atoms with Crippen LogP contribution in [0.3, 0.4) is 0 Å². The van der Waals surface area contributed by atoms with E-state index in [1.807, 2.05) is 12.1 Å². The molecule has 0 aliphatic carbocycles. The van der Waals surface area contributed by atoms with Crippen molar-refractivity contribution in [2.45, 2.75) is 56.6 Å². The Labute approximate surface area is 184 Å². The van der Waals surface area contributed by atoms with Crippen LogP contribution in [-0.2, 0) is 19.6 Å². The SMILES string of the molecule is CC(C)CC#Cc1ccc(C2CCN(S(=O)(=O)C3(C(=O)NO)CCOCC3)CC2)nc1. The topological polar surface area (TPSA) is 109 Å². The highest BCUT2D eigenvalue weighted by molar-refractivity contribution is 7.91. The quantitative estimate of drug-likeness (QED) is 0.405. The first-order chi connectivity index (χ1) is 14.8. The smallest absolute Gasteiger partial charge is 0.266 e. The predicted molar refractivity (Wildman–Crippen MR) is 116 cm³/mol. The molecular weight excluding hydrogens is 418 g/mol. The van der Waals surface area contributed by atoms with Crippen LogP contribution in [0.4, 0.5) is 0 Å². The second kappa shape index (κ2) is 10.1. The lowest BCUT2D eigenvalue weighted by Crippen LogP contribution is -2.60. The van der Waals surface area contributed by atoms with E-state index in [0.29, 0.717) is 31.8 Å². The van der Waals surface area contributed by atoms with Crippen LogP contribution < -0.4 is 5.48 Å². The number of ether oxygens (including phenoxy) is 1. The molecule has 0 saturated carbocycles. The van der Waals surface area contributed by atoms with Crippen LogP contribution in [0.5, 0.6) is 0 Å². The maximum absolute atomic E-state index is 13.4. The van der Waals surface area contributed by atoms with E-state index in [1.165, 1.54) is 4.31 Å². The first-order valence-corrected chi connectivity index (χ1v) is 12.2. The van der Waals surface area contributed by atoms with Gasteiger partial charge in [0.25, 0.3) is 5.91 Å². The predicted octanol–water partition coefficient (Wildman–Crippen LogP) is 2.04. The molecule has 2 fully saturated rings.